The van der Waals surface area contributed by atoms with Crippen LogP contribution in [0.5, 0.6) is 5.75 Å². The Morgan fingerprint density at radius 1 is 0.914 bits per heavy atom. The summed E-state index contributed by atoms with van der Waals surface area (Å²) in [5.41, 5.74) is 0.614. The van der Waals surface area contributed by atoms with E-state index in [0.717, 1.165) is 10.8 Å². The van der Waals surface area contributed by atoms with E-state index in [9.17, 15) is 13.2 Å². The summed E-state index contributed by atoms with van der Waals surface area (Å²) in [6.45, 7) is 1.86. The van der Waals surface area contributed by atoms with Gasteiger partial charge in [0.25, 0.3) is 15.9 Å². The Labute approximate surface area is 213 Å². The second kappa shape index (κ2) is 10.6. The highest BCUT2D eigenvalue weighted by Crippen LogP contribution is 2.31. The quantitative estimate of drug-likeness (QED) is 0.265. The van der Waals surface area contributed by atoms with Gasteiger partial charge in [-0.2, -0.15) is 0 Å². The summed E-state index contributed by atoms with van der Waals surface area (Å²) in [7, 11) is -3.91. The maximum absolute atomic E-state index is 12.9. The monoisotopic (exact) mass is 528 g/mol. The van der Waals surface area contributed by atoms with Gasteiger partial charge in [0.05, 0.1) is 20.6 Å². The van der Waals surface area contributed by atoms with Crippen molar-refractivity contribution >= 4 is 61.3 Å². The molecule has 9 heteroatoms. The van der Waals surface area contributed by atoms with Crippen molar-refractivity contribution in [2.45, 2.75) is 24.3 Å². The number of rotatable bonds is 8. The Hall–Kier alpha value is -3.26. The number of benzene rings is 4. The van der Waals surface area contributed by atoms with Gasteiger partial charge in [0, 0.05) is 11.1 Å². The largest absolute Gasteiger partial charge is 0.480 e. The Balaban J connectivity index is 1.46. The van der Waals surface area contributed by atoms with Crippen molar-refractivity contribution in [1.29, 1.82) is 0 Å². The number of anilines is 2. The summed E-state index contributed by atoms with van der Waals surface area (Å²) < 4.78 is 33.9. The third-order valence-electron chi connectivity index (χ3n) is 5.31. The number of amides is 1. The maximum atomic E-state index is 12.9. The van der Waals surface area contributed by atoms with Crippen LogP contribution < -0.4 is 14.8 Å². The molecule has 0 spiro atoms. The summed E-state index contributed by atoms with van der Waals surface area (Å²) >= 11 is 12.0. The van der Waals surface area contributed by atoms with Gasteiger partial charge in [0.15, 0.2) is 6.10 Å². The number of nitrogens with one attached hydrogen (secondary N) is 2. The van der Waals surface area contributed by atoms with Crippen LogP contribution >= 0.6 is 23.2 Å². The number of hydrogen-bond donors (Lipinski definition) is 2. The van der Waals surface area contributed by atoms with Gasteiger partial charge < -0.3 is 10.1 Å². The van der Waals surface area contributed by atoms with Crippen molar-refractivity contribution < 1.29 is 17.9 Å². The van der Waals surface area contributed by atoms with Crippen LogP contribution in [-0.4, -0.2) is 20.4 Å². The van der Waals surface area contributed by atoms with Crippen LogP contribution in [0.1, 0.15) is 13.3 Å². The Morgan fingerprint density at radius 3 is 2.34 bits per heavy atom. The molecule has 0 saturated heterocycles. The SMILES string of the molecule is CC[C@@H](Oc1cccc2ccccc12)C(=O)Nc1ccc(S(=O)(=O)Nc2cccc(Cl)c2Cl)cc1. The van der Waals surface area contributed by atoms with Crippen LogP contribution in [0.25, 0.3) is 10.8 Å². The van der Waals surface area contributed by atoms with E-state index in [1.54, 1.807) is 12.1 Å². The Morgan fingerprint density at radius 2 is 1.60 bits per heavy atom. The highest BCUT2D eigenvalue weighted by molar-refractivity contribution is 7.92. The third-order valence-corrected chi connectivity index (χ3v) is 7.51. The van der Waals surface area contributed by atoms with E-state index in [2.05, 4.69) is 10.0 Å². The van der Waals surface area contributed by atoms with Gasteiger partial charge in [0.2, 0.25) is 0 Å². The van der Waals surface area contributed by atoms with Crippen LogP contribution in [-0.2, 0) is 14.8 Å². The van der Waals surface area contributed by atoms with Crippen LogP contribution in [0.15, 0.2) is 89.8 Å². The lowest BCUT2D eigenvalue weighted by atomic mass is 10.1. The van der Waals surface area contributed by atoms with Crippen molar-refractivity contribution in [2.24, 2.45) is 0 Å². The molecule has 0 radical (unpaired) electrons. The average molecular weight is 529 g/mol. The smallest absolute Gasteiger partial charge is 0.265 e. The zero-order chi connectivity index (χ0) is 25.0. The first-order chi connectivity index (χ1) is 16.8. The minimum Gasteiger partial charge on any atom is -0.480 e. The highest BCUT2D eigenvalue weighted by atomic mass is 35.5. The fourth-order valence-electron chi connectivity index (χ4n) is 3.50. The zero-order valence-corrected chi connectivity index (χ0v) is 21.0. The maximum Gasteiger partial charge on any atom is 0.265 e. The van der Waals surface area contributed by atoms with Crippen molar-refractivity contribution in [3.8, 4) is 5.75 Å². The number of fused-ring (bicyclic) bond motifs is 1. The van der Waals surface area contributed by atoms with Gasteiger partial charge in [-0.15, -0.1) is 0 Å². The van der Waals surface area contributed by atoms with Crippen molar-refractivity contribution in [1.82, 2.24) is 0 Å². The third kappa shape index (κ3) is 5.70. The van der Waals surface area contributed by atoms with Gasteiger partial charge >= 0.3 is 0 Å². The molecule has 0 bridgehead atoms. The molecule has 0 aliphatic heterocycles. The van der Waals surface area contributed by atoms with Gasteiger partial charge in [-0.1, -0.05) is 72.6 Å². The van der Waals surface area contributed by atoms with Crippen molar-refractivity contribution in [3.05, 3.63) is 95.0 Å². The minimum atomic E-state index is -3.91. The first-order valence-corrected chi connectivity index (χ1v) is 13.0. The summed E-state index contributed by atoms with van der Waals surface area (Å²) in [6.07, 6.45) is -0.276. The molecule has 0 unspecified atom stereocenters. The zero-order valence-electron chi connectivity index (χ0n) is 18.7. The molecular weight excluding hydrogens is 507 g/mol. The summed E-state index contributed by atoms with van der Waals surface area (Å²) in [4.78, 5) is 12.9. The van der Waals surface area contributed by atoms with E-state index >= 15 is 0 Å². The number of sulfonamides is 1. The van der Waals surface area contributed by atoms with Crippen LogP contribution in [0.2, 0.25) is 10.0 Å². The van der Waals surface area contributed by atoms with Crippen molar-refractivity contribution in [3.63, 3.8) is 0 Å². The van der Waals surface area contributed by atoms with Gasteiger partial charge in [-0.05, 0) is 54.3 Å². The van der Waals surface area contributed by atoms with E-state index in [-0.39, 0.29) is 26.5 Å². The molecule has 4 aromatic rings. The van der Waals surface area contributed by atoms with Gasteiger partial charge in [-0.25, -0.2) is 8.42 Å². The molecule has 4 rings (SSSR count). The molecule has 6 nitrogen and oxygen atoms in total. The van der Waals surface area contributed by atoms with Gasteiger partial charge in [-0.3, -0.25) is 9.52 Å². The molecule has 0 aromatic heterocycles. The fourth-order valence-corrected chi connectivity index (χ4v) is 4.98. The topological polar surface area (TPSA) is 84.5 Å². The lowest BCUT2D eigenvalue weighted by Gasteiger charge is -2.18. The first-order valence-electron chi connectivity index (χ1n) is 10.8. The molecule has 180 valence electrons. The first kappa shape index (κ1) is 24.9. The Kier molecular flexibility index (Phi) is 7.50. The van der Waals surface area contributed by atoms with Crippen molar-refractivity contribution in [2.75, 3.05) is 10.0 Å². The van der Waals surface area contributed by atoms with Gasteiger partial charge in [0.1, 0.15) is 5.75 Å². The number of hydrogen-bond acceptors (Lipinski definition) is 4. The molecule has 2 N–H and O–H groups in total. The molecule has 1 amide bonds. The lowest BCUT2D eigenvalue weighted by Crippen LogP contribution is -2.32. The van der Waals surface area contributed by atoms with Crippen LogP contribution in [0, 0.1) is 0 Å². The molecule has 0 heterocycles. The van der Waals surface area contributed by atoms with E-state index in [4.69, 9.17) is 27.9 Å². The molecule has 0 aliphatic rings. The van der Waals surface area contributed by atoms with E-state index in [0.29, 0.717) is 17.9 Å². The lowest BCUT2D eigenvalue weighted by molar-refractivity contribution is -0.122. The summed E-state index contributed by atoms with van der Waals surface area (Å²) in [5, 5.41) is 5.07. The summed E-state index contributed by atoms with van der Waals surface area (Å²) in [6, 6.07) is 24.0. The average Bonchev–Trinajstić information content (AvgIpc) is 2.85. The normalized spacial score (nSPS) is 12.2. The Bertz CT molecular complexity index is 1470. The standard InChI is InChI=1S/C26H22Cl2N2O4S/c1-2-23(34-24-12-5-8-17-7-3-4-9-20(17)24)26(31)29-18-13-15-19(16-14-18)35(32,33)30-22-11-6-10-21(27)25(22)28/h3-16,23,30H,2H2,1H3,(H,29,31)/t23-/m1/s1. The molecule has 35 heavy (non-hydrogen) atoms. The van der Waals surface area contributed by atoms with E-state index < -0.39 is 16.1 Å². The molecule has 1 atom stereocenters. The number of ether oxygens (including phenoxy) is 1. The molecular formula is C26H22Cl2N2O4S. The van der Waals surface area contributed by atoms with Crippen LogP contribution in [0.3, 0.4) is 0 Å². The summed E-state index contributed by atoms with van der Waals surface area (Å²) in [5.74, 6) is 0.289. The van der Waals surface area contributed by atoms with E-state index in [1.165, 1.54) is 30.3 Å². The molecule has 0 saturated carbocycles. The minimum absolute atomic E-state index is 0.00517. The molecule has 4 aromatic carbocycles. The number of carbonyl (C=O) groups is 1. The predicted molar refractivity (Wildman–Crippen MR) is 141 cm³/mol. The second-order valence-corrected chi connectivity index (χ2v) is 10.2. The number of carbonyl (C=O) groups excluding carboxylic acids is 1. The van der Waals surface area contributed by atoms with E-state index in [1.807, 2.05) is 49.4 Å². The number of halogens is 2. The predicted octanol–water partition coefficient (Wildman–Crippen LogP) is 6.74. The van der Waals surface area contributed by atoms with Crippen LogP contribution in [0.4, 0.5) is 11.4 Å². The molecule has 0 aliphatic carbocycles. The second-order valence-electron chi connectivity index (χ2n) is 7.71. The highest BCUT2D eigenvalue weighted by Gasteiger charge is 2.21. The molecule has 0 fully saturated rings. The fraction of sp³-hybridized carbons (Fsp3) is 0.115.